The first kappa shape index (κ1) is 13.5. The minimum Gasteiger partial charge on any atom is -0.466 e. The average molecular weight is 226 g/mol. The van der Waals surface area contributed by atoms with Crippen molar-refractivity contribution < 1.29 is 9.53 Å². The van der Waals surface area contributed by atoms with Crippen LogP contribution in [0.3, 0.4) is 0 Å². The van der Waals surface area contributed by atoms with Crippen LogP contribution >= 0.6 is 0 Å². The molecule has 0 saturated heterocycles. The highest BCUT2D eigenvalue weighted by molar-refractivity contribution is 5.69. The number of ether oxygens (including phenoxy) is 1. The quantitative estimate of drug-likeness (QED) is 0.684. The van der Waals surface area contributed by atoms with Crippen molar-refractivity contribution in [3.63, 3.8) is 0 Å². The molecule has 0 heterocycles. The predicted octanol–water partition coefficient (Wildman–Crippen LogP) is 3.79. The second-order valence-corrected chi connectivity index (χ2v) is 6.03. The number of rotatable bonds is 3. The molecule has 0 aromatic rings. The second kappa shape index (κ2) is 5.70. The van der Waals surface area contributed by atoms with Crippen molar-refractivity contribution in [1.82, 2.24) is 0 Å². The van der Waals surface area contributed by atoms with Gasteiger partial charge in [-0.15, -0.1) is 0 Å². The summed E-state index contributed by atoms with van der Waals surface area (Å²) in [6.45, 7) is 9.26. The molecule has 0 N–H and O–H groups in total. The highest BCUT2D eigenvalue weighted by Crippen LogP contribution is 2.43. The molecule has 1 saturated carbocycles. The minimum absolute atomic E-state index is 0.0105. The number of hydrogen-bond donors (Lipinski definition) is 0. The van der Waals surface area contributed by atoms with Crippen molar-refractivity contribution in [2.24, 2.45) is 17.3 Å². The molecule has 0 aromatic heterocycles. The zero-order valence-corrected chi connectivity index (χ0v) is 11.2. The summed E-state index contributed by atoms with van der Waals surface area (Å²) in [5.74, 6) is 1.20. The zero-order valence-electron chi connectivity index (χ0n) is 11.2. The molecule has 2 atom stereocenters. The number of esters is 1. The van der Waals surface area contributed by atoms with E-state index in [2.05, 4.69) is 20.8 Å². The van der Waals surface area contributed by atoms with Crippen LogP contribution in [0.1, 0.15) is 59.8 Å². The monoisotopic (exact) mass is 226 g/mol. The van der Waals surface area contributed by atoms with E-state index in [1.165, 1.54) is 25.7 Å². The lowest BCUT2D eigenvalue weighted by Gasteiger charge is -2.40. The van der Waals surface area contributed by atoms with E-state index in [1.54, 1.807) is 0 Å². The van der Waals surface area contributed by atoms with E-state index in [-0.39, 0.29) is 5.97 Å². The third-order valence-corrected chi connectivity index (χ3v) is 3.76. The van der Waals surface area contributed by atoms with Gasteiger partial charge in [0.05, 0.1) is 6.61 Å². The van der Waals surface area contributed by atoms with E-state index in [4.69, 9.17) is 4.74 Å². The Kier molecular flexibility index (Phi) is 4.82. The Bertz CT molecular complexity index is 227. The molecular formula is C14H26O2. The first-order chi connectivity index (χ1) is 7.45. The van der Waals surface area contributed by atoms with Crippen molar-refractivity contribution in [3.05, 3.63) is 0 Å². The summed E-state index contributed by atoms with van der Waals surface area (Å²) < 4.78 is 5.07. The maximum atomic E-state index is 11.6. The molecule has 0 aliphatic heterocycles. The van der Waals surface area contributed by atoms with Crippen molar-refractivity contribution in [1.29, 1.82) is 0 Å². The predicted molar refractivity (Wildman–Crippen MR) is 66.2 cm³/mol. The van der Waals surface area contributed by atoms with Gasteiger partial charge < -0.3 is 4.74 Å². The molecule has 2 heteroatoms. The summed E-state index contributed by atoms with van der Waals surface area (Å²) >= 11 is 0. The van der Waals surface area contributed by atoms with Crippen molar-refractivity contribution in [2.75, 3.05) is 6.61 Å². The summed E-state index contributed by atoms with van der Waals surface area (Å²) in [6.07, 6.45) is 5.68. The Labute approximate surface area is 99.8 Å². The van der Waals surface area contributed by atoms with Gasteiger partial charge in [-0.25, -0.2) is 0 Å². The smallest absolute Gasteiger partial charge is 0.306 e. The Morgan fingerprint density at radius 2 is 1.88 bits per heavy atom. The van der Waals surface area contributed by atoms with E-state index >= 15 is 0 Å². The van der Waals surface area contributed by atoms with E-state index in [0.29, 0.717) is 30.3 Å². The topological polar surface area (TPSA) is 26.3 Å². The van der Waals surface area contributed by atoms with Crippen LogP contribution in [0.2, 0.25) is 0 Å². The lowest BCUT2D eigenvalue weighted by molar-refractivity contribution is -0.145. The lowest BCUT2D eigenvalue weighted by atomic mass is 9.65. The Morgan fingerprint density at radius 3 is 2.44 bits per heavy atom. The first-order valence-corrected chi connectivity index (χ1v) is 6.60. The molecule has 1 aliphatic rings. The first-order valence-electron chi connectivity index (χ1n) is 6.60. The normalized spacial score (nSPS) is 26.5. The largest absolute Gasteiger partial charge is 0.466 e. The van der Waals surface area contributed by atoms with Gasteiger partial charge in [0.25, 0.3) is 0 Å². The van der Waals surface area contributed by atoms with E-state index in [0.717, 1.165) is 0 Å². The maximum absolute atomic E-state index is 11.6. The maximum Gasteiger partial charge on any atom is 0.306 e. The molecule has 0 bridgehead atoms. The molecule has 94 valence electrons. The summed E-state index contributed by atoms with van der Waals surface area (Å²) in [4.78, 5) is 11.6. The Hall–Kier alpha value is -0.530. The molecule has 16 heavy (non-hydrogen) atoms. The fourth-order valence-corrected chi connectivity index (χ4v) is 3.03. The van der Waals surface area contributed by atoms with Gasteiger partial charge in [0, 0.05) is 6.42 Å². The molecule has 1 aliphatic carbocycles. The van der Waals surface area contributed by atoms with E-state index < -0.39 is 0 Å². The summed E-state index contributed by atoms with van der Waals surface area (Å²) in [6, 6.07) is 0. The molecule has 1 fully saturated rings. The highest BCUT2D eigenvalue weighted by atomic mass is 16.5. The molecular weight excluding hydrogens is 200 g/mol. The van der Waals surface area contributed by atoms with Crippen LogP contribution in [-0.2, 0) is 9.53 Å². The standard InChI is InChI=1S/C14H26O2/c1-5-16-13(15)10-11-8-6-7-9-12(11)14(2,3)4/h11-12H,5-10H2,1-4H3. The molecule has 2 nitrogen and oxygen atoms in total. The lowest BCUT2D eigenvalue weighted by Crippen LogP contribution is -2.32. The van der Waals surface area contributed by atoms with Crippen LogP contribution in [-0.4, -0.2) is 12.6 Å². The van der Waals surface area contributed by atoms with Crippen LogP contribution in [0, 0.1) is 17.3 Å². The average Bonchev–Trinajstić information content (AvgIpc) is 2.17. The van der Waals surface area contributed by atoms with Crippen LogP contribution in [0.15, 0.2) is 0 Å². The Balaban J connectivity index is 2.57. The summed E-state index contributed by atoms with van der Waals surface area (Å²) in [7, 11) is 0. The molecule has 1 rings (SSSR count). The van der Waals surface area contributed by atoms with E-state index in [9.17, 15) is 4.79 Å². The number of hydrogen-bond acceptors (Lipinski definition) is 2. The SMILES string of the molecule is CCOC(=O)CC1CCCCC1C(C)(C)C. The fraction of sp³-hybridized carbons (Fsp3) is 0.929. The minimum atomic E-state index is -0.0105. The van der Waals surface area contributed by atoms with Gasteiger partial charge in [0.1, 0.15) is 0 Å². The highest BCUT2D eigenvalue weighted by Gasteiger charge is 2.35. The van der Waals surface area contributed by atoms with Crippen LogP contribution in [0.25, 0.3) is 0 Å². The van der Waals surface area contributed by atoms with Crippen molar-refractivity contribution >= 4 is 5.97 Å². The molecule has 0 aromatic carbocycles. The molecule has 0 spiro atoms. The van der Waals surface area contributed by atoms with Crippen LogP contribution in [0.5, 0.6) is 0 Å². The van der Waals surface area contributed by atoms with Gasteiger partial charge in [-0.2, -0.15) is 0 Å². The van der Waals surface area contributed by atoms with Crippen LogP contribution < -0.4 is 0 Å². The third-order valence-electron chi connectivity index (χ3n) is 3.76. The number of carbonyl (C=O) groups excluding carboxylic acids is 1. The van der Waals surface area contributed by atoms with Gasteiger partial charge in [-0.1, -0.05) is 33.6 Å². The number of carbonyl (C=O) groups is 1. The summed E-state index contributed by atoms with van der Waals surface area (Å²) in [5.41, 5.74) is 0.317. The van der Waals surface area contributed by atoms with Gasteiger partial charge in [0.2, 0.25) is 0 Å². The van der Waals surface area contributed by atoms with Crippen molar-refractivity contribution in [2.45, 2.75) is 59.8 Å². The summed E-state index contributed by atoms with van der Waals surface area (Å²) in [5, 5.41) is 0. The molecule has 0 amide bonds. The Morgan fingerprint density at radius 1 is 1.25 bits per heavy atom. The van der Waals surface area contributed by atoms with Crippen LogP contribution in [0.4, 0.5) is 0 Å². The third kappa shape index (κ3) is 3.80. The molecule has 2 unspecified atom stereocenters. The van der Waals surface area contributed by atoms with E-state index in [1.807, 2.05) is 6.92 Å². The van der Waals surface area contributed by atoms with Gasteiger partial charge in [-0.3, -0.25) is 4.79 Å². The van der Waals surface area contributed by atoms with Gasteiger partial charge in [0.15, 0.2) is 0 Å². The fourth-order valence-electron chi connectivity index (χ4n) is 3.03. The molecule has 0 radical (unpaired) electrons. The second-order valence-electron chi connectivity index (χ2n) is 6.03. The zero-order chi connectivity index (χ0) is 12.2. The van der Waals surface area contributed by atoms with Gasteiger partial charge in [-0.05, 0) is 37.0 Å². The van der Waals surface area contributed by atoms with Crippen molar-refractivity contribution in [3.8, 4) is 0 Å². The van der Waals surface area contributed by atoms with Gasteiger partial charge >= 0.3 is 5.97 Å².